The molecule has 242 valence electrons. The molecule has 0 radical (unpaired) electrons. The number of likely N-dealkylation sites (tertiary alicyclic amines) is 1. The average Bonchev–Trinajstić information content (AvgIpc) is 3.05. The third kappa shape index (κ3) is 6.81. The number of benzene rings is 1. The summed E-state index contributed by atoms with van der Waals surface area (Å²) in [7, 11) is 1.60. The fourth-order valence-corrected chi connectivity index (χ4v) is 5.87. The molecule has 46 heavy (non-hydrogen) atoms. The Bertz CT molecular complexity index is 1590. The van der Waals surface area contributed by atoms with Crippen LogP contribution in [0.25, 0.3) is 11.3 Å². The Labute approximate surface area is 266 Å². The number of amides is 1. The van der Waals surface area contributed by atoms with Crippen molar-refractivity contribution in [1.82, 2.24) is 24.8 Å². The number of nitrogens with one attached hydrogen (secondary N) is 1. The summed E-state index contributed by atoms with van der Waals surface area (Å²) in [6, 6.07) is 13.2. The number of piperazine rings is 1. The fourth-order valence-electron chi connectivity index (χ4n) is 5.87. The van der Waals surface area contributed by atoms with Gasteiger partial charge in [0.25, 0.3) is 5.91 Å². The summed E-state index contributed by atoms with van der Waals surface area (Å²) in [6.45, 7) is 6.72. The summed E-state index contributed by atoms with van der Waals surface area (Å²) in [6.07, 6.45) is -1.63. The van der Waals surface area contributed by atoms with Gasteiger partial charge in [-0.25, -0.2) is 14.4 Å². The van der Waals surface area contributed by atoms with Crippen LogP contribution in [0.3, 0.4) is 0 Å². The Morgan fingerprint density at radius 1 is 1.15 bits per heavy atom. The molecule has 0 bridgehead atoms. The van der Waals surface area contributed by atoms with Crippen LogP contribution in [0.2, 0.25) is 0 Å². The van der Waals surface area contributed by atoms with Crippen molar-refractivity contribution in [2.45, 2.75) is 37.8 Å². The molecule has 5 heterocycles. The van der Waals surface area contributed by atoms with Gasteiger partial charge >= 0.3 is 0 Å². The maximum absolute atomic E-state index is 14.9. The zero-order valence-corrected chi connectivity index (χ0v) is 25.8. The van der Waals surface area contributed by atoms with Gasteiger partial charge in [0.05, 0.1) is 44.2 Å². The minimum Gasteiger partial charge on any atom is -0.486 e. The monoisotopic (exact) mass is 632 g/mol. The number of alkyl halides is 1. The van der Waals surface area contributed by atoms with E-state index >= 15 is 0 Å². The van der Waals surface area contributed by atoms with Gasteiger partial charge in [0.2, 0.25) is 11.8 Å². The van der Waals surface area contributed by atoms with Crippen molar-refractivity contribution in [3.8, 4) is 29.0 Å². The van der Waals surface area contributed by atoms with Crippen LogP contribution in [-0.4, -0.2) is 120 Å². The first-order valence-corrected chi connectivity index (χ1v) is 15.4. The fraction of sp³-hybridized carbons (Fsp3) is 0.469. The number of carbonyl (C=O) groups is 1. The van der Waals surface area contributed by atoms with Crippen molar-refractivity contribution >= 4 is 23.4 Å². The number of aliphatic hydroxyl groups excluding tert-OH is 1. The molecule has 3 fully saturated rings. The van der Waals surface area contributed by atoms with E-state index in [0.29, 0.717) is 34.9 Å². The van der Waals surface area contributed by atoms with E-state index in [1.165, 1.54) is 11.8 Å². The number of anilines is 3. The van der Waals surface area contributed by atoms with Crippen molar-refractivity contribution in [2.24, 2.45) is 0 Å². The SMILES string of the molecule is COc1nc(Nc2nccc(-c3ccc(O[C@@H]4CCN(C(=O)[C@H](C)O)C[C@H]4F)c(C#N)c3)n2)ccc1N1CCN(C2COC2)CC1. The number of nitriles is 1. The topological polar surface area (TPSA) is 149 Å². The molecule has 0 saturated carbocycles. The number of hydrogen-bond donors (Lipinski definition) is 2. The largest absolute Gasteiger partial charge is 0.486 e. The lowest BCUT2D eigenvalue weighted by molar-refractivity contribution is -0.143. The van der Waals surface area contributed by atoms with Gasteiger partial charge in [0.15, 0.2) is 6.17 Å². The van der Waals surface area contributed by atoms with Crippen LogP contribution in [-0.2, 0) is 9.53 Å². The van der Waals surface area contributed by atoms with Crippen LogP contribution in [0.15, 0.2) is 42.6 Å². The van der Waals surface area contributed by atoms with Crippen LogP contribution >= 0.6 is 0 Å². The Morgan fingerprint density at radius 2 is 1.96 bits per heavy atom. The number of aliphatic hydroxyl groups is 1. The number of hydrogen-bond acceptors (Lipinski definition) is 12. The van der Waals surface area contributed by atoms with Crippen LogP contribution in [0.5, 0.6) is 11.6 Å². The third-order valence-electron chi connectivity index (χ3n) is 8.55. The first-order valence-electron chi connectivity index (χ1n) is 15.4. The van der Waals surface area contributed by atoms with Crippen molar-refractivity contribution in [1.29, 1.82) is 5.26 Å². The third-order valence-corrected chi connectivity index (χ3v) is 8.55. The number of ether oxygens (including phenoxy) is 3. The number of carbonyl (C=O) groups excluding carboxylic acids is 1. The summed E-state index contributed by atoms with van der Waals surface area (Å²) in [5.74, 6) is 1.07. The minimum atomic E-state index is -1.46. The van der Waals surface area contributed by atoms with Gasteiger partial charge in [0, 0.05) is 50.9 Å². The van der Waals surface area contributed by atoms with Crippen LogP contribution in [0.4, 0.5) is 21.8 Å². The normalized spacial score (nSPS) is 21.2. The van der Waals surface area contributed by atoms with Crippen molar-refractivity contribution in [3.05, 3.63) is 48.2 Å². The van der Waals surface area contributed by atoms with Gasteiger partial charge in [-0.15, -0.1) is 0 Å². The first kappa shape index (κ1) is 31.4. The molecule has 1 amide bonds. The zero-order valence-electron chi connectivity index (χ0n) is 25.8. The second kappa shape index (κ2) is 13.8. The highest BCUT2D eigenvalue weighted by atomic mass is 19.1. The maximum atomic E-state index is 14.9. The molecule has 2 N–H and O–H groups in total. The molecule has 0 aliphatic carbocycles. The average molecular weight is 633 g/mol. The maximum Gasteiger partial charge on any atom is 0.251 e. The lowest BCUT2D eigenvalue weighted by Gasteiger charge is -2.43. The van der Waals surface area contributed by atoms with Crippen LogP contribution in [0.1, 0.15) is 18.9 Å². The molecule has 13 nitrogen and oxygen atoms in total. The number of pyridine rings is 1. The summed E-state index contributed by atoms with van der Waals surface area (Å²) in [5, 5.41) is 22.5. The minimum absolute atomic E-state index is 0.178. The lowest BCUT2D eigenvalue weighted by atomic mass is 10.0. The molecule has 3 aliphatic rings. The van der Waals surface area contributed by atoms with Gasteiger partial charge in [-0.1, -0.05) is 0 Å². The number of halogens is 1. The predicted molar refractivity (Wildman–Crippen MR) is 167 cm³/mol. The molecule has 0 spiro atoms. The molecule has 14 heteroatoms. The van der Waals surface area contributed by atoms with E-state index in [-0.39, 0.29) is 30.8 Å². The van der Waals surface area contributed by atoms with Crippen molar-refractivity contribution in [2.75, 3.05) is 69.8 Å². The van der Waals surface area contributed by atoms with E-state index < -0.39 is 24.3 Å². The molecule has 3 aromatic rings. The molecule has 6 rings (SSSR count). The molecule has 3 aliphatic heterocycles. The predicted octanol–water partition coefficient (Wildman–Crippen LogP) is 2.38. The Morgan fingerprint density at radius 3 is 2.63 bits per heavy atom. The molecular formula is C32H37FN8O5. The quantitative estimate of drug-likeness (QED) is 0.357. The summed E-state index contributed by atoms with van der Waals surface area (Å²) in [4.78, 5) is 31.7. The van der Waals surface area contributed by atoms with E-state index in [1.54, 1.807) is 37.6 Å². The zero-order chi connectivity index (χ0) is 32.2. The molecule has 1 aromatic carbocycles. The number of aromatic nitrogens is 3. The smallest absolute Gasteiger partial charge is 0.251 e. The van der Waals surface area contributed by atoms with Crippen LogP contribution in [0, 0.1) is 11.3 Å². The highest BCUT2D eigenvalue weighted by molar-refractivity contribution is 5.80. The van der Waals surface area contributed by atoms with Gasteiger partial charge in [-0.2, -0.15) is 10.2 Å². The van der Waals surface area contributed by atoms with E-state index in [0.717, 1.165) is 45.1 Å². The lowest BCUT2D eigenvalue weighted by Crippen LogP contribution is -2.56. The van der Waals surface area contributed by atoms with Crippen LogP contribution < -0.4 is 19.7 Å². The summed E-state index contributed by atoms with van der Waals surface area (Å²) in [5.41, 5.74) is 2.37. The first-order chi connectivity index (χ1) is 22.3. The van der Waals surface area contributed by atoms with Gasteiger partial charge in [0.1, 0.15) is 35.5 Å². The highest BCUT2D eigenvalue weighted by Gasteiger charge is 2.34. The van der Waals surface area contributed by atoms with E-state index in [2.05, 4.69) is 36.1 Å². The number of rotatable bonds is 9. The second-order valence-electron chi connectivity index (χ2n) is 11.6. The molecule has 3 saturated heterocycles. The standard InChI is InChI=1S/C32H37FN8O5/c1-20(42)31(43)41-10-8-28(24(33)17-41)46-27-5-3-21(15-22(27)16-34)25-7-9-35-32(36-25)38-29-6-4-26(30(37-29)44-2)40-13-11-39(12-14-40)23-18-45-19-23/h3-7,9,15,20,23-24,28,42H,8,10-14,17-19H2,1-2H3,(H,35,36,37,38)/t20-,24+,28+/m0/s1. The second-order valence-corrected chi connectivity index (χ2v) is 11.6. The summed E-state index contributed by atoms with van der Waals surface area (Å²) < 4.78 is 31.8. The molecular weight excluding hydrogens is 595 g/mol. The molecule has 2 aromatic heterocycles. The number of nitrogens with zero attached hydrogens (tertiary/aromatic N) is 7. The molecule has 0 unspecified atom stereocenters. The van der Waals surface area contributed by atoms with Gasteiger partial charge in [-0.3, -0.25) is 9.69 Å². The summed E-state index contributed by atoms with van der Waals surface area (Å²) >= 11 is 0. The van der Waals surface area contributed by atoms with Crippen molar-refractivity contribution in [3.63, 3.8) is 0 Å². The van der Waals surface area contributed by atoms with Crippen molar-refractivity contribution < 1.29 is 28.5 Å². The Hall–Kier alpha value is -4.58. The van der Waals surface area contributed by atoms with E-state index in [9.17, 15) is 19.6 Å². The number of methoxy groups -OCH3 is 1. The van der Waals surface area contributed by atoms with Gasteiger partial charge in [-0.05, 0) is 43.3 Å². The highest BCUT2D eigenvalue weighted by Crippen LogP contribution is 2.32. The van der Waals surface area contributed by atoms with E-state index in [1.807, 2.05) is 12.1 Å². The number of piperidine rings is 1. The van der Waals surface area contributed by atoms with E-state index in [4.69, 9.17) is 14.2 Å². The molecule has 3 atom stereocenters. The Balaban J connectivity index is 1.11. The van der Waals surface area contributed by atoms with Gasteiger partial charge < -0.3 is 34.4 Å². The Kier molecular flexibility index (Phi) is 9.43.